The number of aromatic nitrogens is 1. The second-order valence-electron chi connectivity index (χ2n) is 4.02. The van der Waals surface area contributed by atoms with Gasteiger partial charge in [0.15, 0.2) is 0 Å². The molecular weight excluding hydrogens is 194 g/mol. The van der Waals surface area contributed by atoms with E-state index in [4.69, 9.17) is 4.74 Å². The Morgan fingerprint density at radius 2 is 2.13 bits per heavy atom. The highest BCUT2D eigenvalue weighted by molar-refractivity contribution is 5.66. The molecule has 4 heteroatoms. The third-order valence-electron chi connectivity index (χ3n) is 1.87. The minimum absolute atomic E-state index is 0.0993. The van der Waals surface area contributed by atoms with E-state index < -0.39 is 5.60 Å². The van der Waals surface area contributed by atoms with Gasteiger partial charge in [-0.2, -0.15) is 0 Å². The Morgan fingerprint density at radius 1 is 1.47 bits per heavy atom. The zero-order valence-corrected chi connectivity index (χ0v) is 9.19. The fourth-order valence-electron chi connectivity index (χ4n) is 1.42. The normalized spacial score (nSPS) is 11.1. The Bertz CT molecular complexity index is 406. The number of hydrogen-bond donors (Lipinski definition) is 0. The largest absolute Gasteiger partial charge is 0.458 e. The van der Waals surface area contributed by atoms with Gasteiger partial charge in [-0.25, -0.2) is 0 Å². The molecule has 0 aliphatic heterocycles. The zero-order chi connectivity index (χ0) is 11.5. The summed E-state index contributed by atoms with van der Waals surface area (Å²) in [5.74, 6) is -0.344. The van der Waals surface area contributed by atoms with Gasteiger partial charge in [-0.05, 0) is 19.9 Å². The summed E-state index contributed by atoms with van der Waals surface area (Å²) < 4.78 is 6.61. The summed E-state index contributed by atoms with van der Waals surface area (Å²) in [5, 5.41) is 0. The summed E-state index contributed by atoms with van der Waals surface area (Å²) in [5.41, 5.74) is -0.769. The highest BCUT2D eigenvalue weighted by atomic mass is 16.6. The van der Waals surface area contributed by atoms with Gasteiger partial charge in [0.05, 0.1) is 6.54 Å². The van der Waals surface area contributed by atoms with E-state index in [-0.39, 0.29) is 11.5 Å². The van der Waals surface area contributed by atoms with Gasteiger partial charge in [0, 0.05) is 19.2 Å². The molecule has 0 amide bonds. The number of pyridine rings is 1. The first kappa shape index (κ1) is 11.5. The summed E-state index contributed by atoms with van der Waals surface area (Å²) in [6, 6.07) is 4.92. The minimum Gasteiger partial charge on any atom is -0.458 e. The van der Waals surface area contributed by atoms with Gasteiger partial charge in [0.2, 0.25) is 0 Å². The van der Waals surface area contributed by atoms with E-state index in [1.165, 1.54) is 17.6 Å². The van der Waals surface area contributed by atoms with Gasteiger partial charge in [-0.1, -0.05) is 6.07 Å². The van der Waals surface area contributed by atoms with Crippen LogP contribution in [0.3, 0.4) is 0 Å². The monoisotopic (exact) mass is 209 g/mol. The zero-order valence-electron chi connectivity index (χ0n) is 9.19. The van der Waals surface area contributed by atoms with E-state index in [1.807, 2.05) is 0 Å². The summed E-state index contributed by atoms with van der Waals surface area (Å²) >= 11 is 0. The average molecular weight is 209 g/mol. The molecule has 0 saturated heterocycles. The molecule has 0 fully saturated rings. The highest BCUT2D eigenvalue weighted by Crippen LogP contribution is 2.11. The van der Waals surface area contributed by atoms with Crippen molar-refractivity contribution < 1.29 is 9.53 Å². The third-order valence-corrected chi connectivity index (χ3v) is 1.87. The van der Waals surface area contributed by atoms with Crippen LogP contribution in [0.4, 0.5) is 0 Å². The SMILES string of the molecule is CC(=O)OC(C)(C)Cn1ccccc1=O. The standard InChI is InChI=1S/C11H15NO3/c1-9(13)15-11(2,3)8-12-7-5-4-6-10(12)14/h4-7H,8H2,1-3H3. The molecule has 0 unspecified atom stereocenters. The fourth-order valence-corrected chi connectivity index (χ4v) is 1.42. The number of esters is 1. The maximum Gasteiger partial charge on any atom is 0.303 e. The van der Waals surface area contributed by atoms with Crippen LogP contribution >= 0.6 is 0 Å². The number of carbonyl (C=O) groups excluding carboxylic acids is 1. The maximum atomic E-state index is 11.4. The van der Waals surface area contributed by atoms with E-state index in [2.05, 4.69) is 0 Å². The van der Waals surface area contributed by atoms with Crippen molar-refractivity contribution in [3.05, 3.63) is 34.7 Å². The van der Waals surface area contributed by atoms with E-state index in [9.17, 15) is 9.59 Å². The van der Waals surface area contributed by atoms with E-state index in [0.29, 0.717) is 6.54 Å². The first-order valence-corrected chi connectivity index (χ1v) is 4.76. The number of carbonyl (C=O) groups is 1. The third kappa shape index (κ3) is 3.58. The smallest absolute Gasteiger partial charge is 0.303 e. The molecule has 0 N–H and O–H groups in total. The predicted octanol–water partition coefficient (Wildman–Crippen LogP) is 1.19. The number of nitrogens with zero attached hydrogens (tertiary/aromatic N) is 1. The Morgan fingerprint density at radius 3 is 2.67 bits per heavy atom. The van der Waals surface area contributed by atoms with Crippen LogP contribution in [0, 0.1) is 0 Å². The van der Waals surface area contributed by atoms with Crippen LogP contribution in [0.15, 0.2) is 29.2 Å². The van der Waals surface area contributed by atoms with E-state index in [1.54, 1.807) is 32.2 Å². The Kier molecular flexibility index (Phi) is 3.29. The van der Waals surface area contributed by atoms with Crippen molar-refractivity contribution in [3.8, 4) is 0 Å². The van der Waals surface area contributed by atoms with Crippen LogP contribution in [0.1, 0.15) is 20.8 Å². The van der Waals surface area contributed by atoms with Crippen molar-refractivity contribution in [2.45, 2.75) is 32.9 Å². The second-order valence-corrected chi connectivity index (χ2v) is 4.02. The quantitative estimate of drug-likeness (QED) is 0.702. The van der Waals surface area contributed by atoms with Gasteiger partial charge in [-0.3, -0.25) is 9.59 Å². The predicted molar refractivity (Wildman–Crippen MR) is 56.5 cm³/mol. The first-order chi connectivity index (χ1) is 6.91. The lowest BCUT2D eigenvalue weighted by Gasteiger charge is -2.25. The molecule has 0 radical (unpaired) electrons. The topological polar surface area (TPSA) is 48.3 Å². The molecule has 0 aliphatic rings. The number of ether oxygens (including phenoxy) is 1. The first-order valence-electron chi connectivity index (χ1n) is 4.76. The van der Waals surface area contributed by atoms with Crippen molar-refractivity contribution in [3.63, 3.8) is 0 Å². The molecule has 0 bridgehead atoms. The van der Waals surface area contributed by atoms with Crippen molar-refractivity contribution in [1.29, 1.82) is 0 Å². The van der Waals surface area contributed by atoms with Crippen molar-refractivity contribution in [1.82, 2.24) is 4.57 Å². The van der Waals surface area contributed by atoms with Gasteiger partial charge >= 0.3 is 5.97 Å². The lowest BCUT2D eigenvalue weighted by atomic mass is 10.1. The molecule has 0 aliphatic carbocycles. The van der Waals surface area contributed by atoms with Crippen LogP contribution < -0.4 is 5.56 Å². The van der Waals surface area contributed by atoms with Crippen LogP contribution in [-0.2, 0) is 16.1 Å². The van der Waals surface area contributed by atoms with Crippen molar-refractivity contribution >= 4 is 5.97 Å². The molecule has 1 rings (SSSR count). The van der Waals surface area contributed by atoms with E-state index >= 15 is 0 Å². The lowest BCUT2D eigenvalue weighted by Crippen LogP contribution is -2.36. The summed E-state index contributed by atoms with van der Waals surface area (Å²) in [6.07, 6.45) is 1.67. The minimum atomic E-state index is -0.670. The van der Waals surface area contributed by atoms with Gasteiger partial charge in [-0.15, -0.1) is 0 Å². The van der Waals surface area contributed by atoms with Crippen LogP contribution in [-0.4, -0.2) is 16.1 Å². The molecule has 82 valence electrons. The summed E-state index contributed by atoms with van der Waals surface area (Å²) in [4.78, 5) is 22.2. The molecule has 1 aromatic heterocycles. The van der Waals surface area contributed by atoms with Crippen LogP contribution in [0.25, 0.3) is 0 Å². The van der Waals surface area contributed by atoms with Gasteiger partial charge in [0.1, 0.15) is 5.60 Å². The Hall–Kier alpha value is -1.58. The molecule has 0 aromatic carbocycles. The molecule has 1 aromatic rings. The fraction of sp³-hybridized carbons (Fsp3) is 0.455. The van der Waals surface area contributed by atoms with Crippen molar-refractivity contribution in [2.24, 2.45) is 0 Å². The average Bonchev–Trinajstić information content (AvgIpc) is 2.06. The summed E-state index contributed by atoms with van der Waals surface area (Å²) in [7, 11) is 0. The van der Waals surface area contributed by atoms with Gasteiger partial charge in [0.25, 0.3) is 5.56 Å². The highest BCUT2D eigenvalue weighted by Gasteiger charge is 2.21. The number of rotatable bonds is 3. The Balaban J connectivity index is 2.82. The molecule has 15 heavy (non-hydrogen) atoms. The van der Waals surface area contributed by atoms with Crippen molar-refractivity contribution in [2.75, 3.05) is 0 Å². The molecule has 0 spiro atoms. The second kappa shape index (κ2) is 4.29. The molecule has 4 nitrogen and oxygen atoms in total. The molecule has 0 saturated carbocycles. The Labute approximate surface area is 88.5 Å². The van der Waals surface area contributed by atoms with Crippen LogP contribution in [0.2, 0.25) is 0 Å². The van der Waals surface area contributed by atoms with E-state index in [0.717, 1.165) is 0 Å². The lowest BCUT2D eigenvalue weighted by molar-refractivity contribution is -0.154. The number of hydrogen-bond acceptors (Lipinski definition) is 3. The molecule has 1 heterocycles. The molecule has 0 atom stereocenters. The van der Waals surface area contributed by atoms with Crippen LogP contribution in [0.5, 0.6) is 0 Å². The summed E-state index contributed by atoms with van der Waals surface area (Å²) in [6.45, 7) is 5.25. The van der Waals surface area contributed by atoms with Gasteiger partial charge < -0.3 is 9.30 Å². The maximum absolute atomic E-state index is 11.4. The molecular formula is C11H15NO3.